The average molecular weight is 323 g/mol. The molecule has 4 nitrogen and oxygen atoms in total. The van der Waals surface area contributed by atoms with Gasteiger partial charge in [-0.25, -0.2) is 18.4 Å². The summed E-state index contributed by atoms with van der Waals surface area (Å²) in [6.45, 7) is 0. The second-order valence-electron chi connectivity index (χ2n) is 5.84. The normalized spacial score (nSPS) is 30.1. The molecule has 2 atom stereocenters. The van der Waals surface area contributed by atoms with E-state index in [4.69, 9.17) is 0 Å². The van der Waals surface area contributed by atoms with E-state index in [1.165, 1.54) is 23.9 Å². The lowest BCUT2D eigenvalue weighted by Crippen LogP contribution is -2.30. The first-order chi connectivity index (χ1) is 10.6. The van der Waals surface area contributed by atoms with Crippen molar-refractivity contribution < 1.29 is 13.9 Å². The minimum atomic E-state index is -1.18. The molecule has 0 bridgehead atoms. The zero-order valence-corrected chi connectivity index (χ0v) is 12.5. The van der Waals surface area contributed by atoms with E-state index in [1.807, 2.05) is 0 Å². The molecule has 0 amide bonds. The number of aliphatic hydroxyl groups is 1. The maximum absolute atomic E-state index is 14.2. The molecule has 22 heavy (non-hydrogen) atoms. The number of thioether (sulfide) groups is 1. The van der Waals surface area contributed by atoms with Gasteiger partial charge in [-0.2, -0.15) is 0 Å². The number of aromatic nitrogens is 3. The lowest BCUT2D eigenvalue weighted by Gasteiger charge is -2.29. The molecule has 2 aromatic rings. The van der Waals surface area contributed by atoms with E-state index >= 15 is 0 Å². The van der Waals surface area contributed by atoms with Gasteiger partial charge in [0.1, 0.15) is 5.82 Å². The average Bonchev–Trinajstić information content (AvgIpc) is 2.98. The zero-order chi connectivity index (χ0) is 15.3. The van der Waals surface area contributed by atoms with Gasteiger partial charge in [-0.15, -0.1) is 5.10 Å². The smallest absolute Gasteiger partial charge is 0.209 e. The summed E-state index contributed by atoms with van der Waals surface area (Å²) < 4.78 is 29.2. The Balaban J connectivity index is 1.60. The molecule has 2 unspecified atom stereocenters. The summed E-state index contributed by atoms with van der Waals surface area (Å²) in [6.07, 6.45) is 0.274. The summed E-state index contributed by atoms with van der Waals surface area (Å²) in [4.78, 5) is 4.28. The summed E-state index contributed by atoms with van der Waals surface area (Å²) >= 11 is 1.48. The first kappa shape index (κ1) is 14.1. The number of nitrogens with zero attached hydrogens (tertiary/aromatic N) is 3. The first-order valence-corrected chi connectivity index (χ1v) is 8.19. The lowest BCUT2D eigenvalue weighted by molar-refractivity contribution is 0.101. The minimum Gasteiger partial charge on any atom is -0.393 e. The maximum Gasteiger partial charge on any atom is 0.209 e. The largest absolute Gasteiger partial charge is 0.393 e. The standard InChI is InChI=1S/C15H15F2N3OS/c16-9-3-1-2-8(4-9)13-7-12(17)14-18-15(19-20(13)14)22-11-5-10(21)6-11/h1-4,10-13,21H,5-7H2. The molecule has 1 N–H and O–H groups in total. The number of alkyl halides is 1. The van der Waals surface area contributed by atoms with E-state index < -0.39 is 6.17 Å². The SMILES string of the molecule is OC1CC(Sc2nc3n(n2)C(c2cccc(F)c2)CC3F)C1. The Bertz CT molecular complexity index is 702. The van der Waals surface area contributed by atoms with Crippen molar-refractivity contribution in [1.29, 1.82) is 0 Å². The topological polar surface area (TPSA) is 50.9 Å². The van der Waals surface area contributed by atoms with Gasteiger partial charge in [0.15, 0.2) is 12.0 Å². The van der Waals surface area contributed by atoms with Gasteiger partial charge in [-0.3, -0.25) is 0 Å². The van der Waals surface area contributed by atoms with Crippen molar-refractivity contribution in [1.82, 2.24) is 14.8 Å². The zero-order valence-electron chi connectivity index (χ0n) is 11.7. The van der Waals surface area contributed by atoms with Crippen molar-refractivity contribution in [3.8, 4) is 0 Å². The van der Waals surface area contributed by atoms with Gasteiger partial charge in [-0.05, 0) is 30.5 Å². The number of aliphatic hydroxyl groups excluding tert-OH is 1. The van der Waals surface area contributed by atoms with Crippen LogP contribution in [0.25, 0.3) is 0 Å². The molecule has 1 aliphatic carbocycles. The molecule has 0 radical (unpaired) electrons. The van der Waals surface area contributed by atoms with Gasteiger partial charge >= 0.3 is 0 Å². The molecule has 0 saturated heterocycles. The molecule has 1 fully saturated rings. The third-order valence-electron chi connectivity index (χ3n) is 4.22. The molecule has 1 saturated carbocycles. The van der Waals surface area contributed by atoms with E-state index in [9.17, 15) is 13.9 Å². The molecule has 4 rings (SSSR count). The molecule has 1 aromatic heterocycles. The van der Waals surface area contributed by atoms with Crippen LogP contribution in [0.4, 0.5) is 8.78 Å². The van der Waals surface area contributed by atoms with Crippen LogP contribution in [-0.4, -0.2) is 31.2 Å². The van der Waals surface area contributed by atoms with Crippen LogP contribution < -0.4 is 0 Å². The fraction of sp³-hybridized carbons (Fsp3) is 0.467. The fourth-order valence-electron chi connectivity index (χ4n) is 2.98. The highest BCUT2D eigenvalue weighted by Crippen LogP contribution is 2.42. The van der Waals surface area contributed by atoms with Gasteiger partial charge in [0.25, 0.3) is 0 Å². The second kappa shape index (κ2) is 5.31. The summed E-state index contributed by atoms with van der Waals surface area (Å²) in [5.41, 5.74) is 0.710. The van der Waals surface area contributed by atoms with Crippen molar-refractivity contribution >= 4 is 11.8 Å². The molecule has 2 heterocycles. The van der Waals surface area contributed by atoms with Crippen molar-refractivity contribution in [3.63, 3.8) is 0 Å². The Kier molecular flexibility index (Phi) is 3.41. The van der Waals surface area contributed by atoms with Gasteiger partial charge in [0.2, 0.25) is 5.16 Å². The molecule has 116 valence electrons. The fourth-order valence-corrected chi connectivity index (χ4v) is 4.20. The van der Waals surface area contributed by atoms with Crippen LogP contribution in [0.15, 0.2) is 29.4 Å². The Morgan fingerprint density at radius 3 is 2.82 bits per heavy atom. The molecule has 1 aliphatic heterocycles. The predicted molar refractivity (Wildman–Crippen MR) is 77.9 cm³/mol. The van der Waals surface area contributed by atoms with Crippen molar-refractivity contribution in [2.75, 3.05) is 0 Å². The van der Waals surface area contributed by atoms with E-state index in [0.29, 0.717) is 21.8 Å². The molecular weight excluding hydrogens is 308 g/mol. The van der Waals surface area contributed by atoms with Crippen molar-refractivity contribution in [3.05, 3.63) is 41.5 Å². The van der Waals surface area contributed by atoms with Gasteiger partial charge in [0.05, 0.1) is 12.1 Å². The third kappa shape index (κ3) is 2.42. The summed E-state index contributed by atoms with van der Waals surface area (Å²) in [7, 11) is 0. The third-order valence-corrected chi connectivity index (χ3v) is 5.32. The number of fused-ring (bicyclic) bond motifs is 1. The van der Waals surface area contributed by atoms with Crippen LogP contribution >= 0.6 is 11.8 Å². The van der Waals surface area contributed by atoms with Gasteiger partial charge < -0.3 is 5.11 Å². The van der Waals surface area contributed by atoms with Gasteiger partial charge in [-0.1, -0.05) is 23.9 Å². The Labute approximate surface area is 130 Å². The van der Waals surface area contributed by atoms with E-state index in [-0.39, 0.29) is 24.4 Å². The van der Waals surface area contributed by atoms with Crippen LogP contribution in [0.1, 0.15) is 42.9 Å². The molecule has 1 aromatic carbocycles. The monoisotopic (exact) mass is 323 g/mol. The molecule has 7 heteroatoms. The van der Waals surface area contributed by atoms with Gasteiger partial charge in [0, 0.05) is 11.7 Å². The predicted octanol–water partition coefficient (Wildman–Crippen LogP) is 3.04. The molecule has 2 aliphatic rings. The van der Waals surface area contributed by atoms with E-state index in [0.717, 1.165) is 12.8 Å². The Morgan fingerprint density at radius 1 is 1.27 bits per heavy atom. The summed E-state index contributed by atoms with van der Waals surface area (Å²) in [5, 5.41) is 14.6. The first-order valence-electron chi connectivity index (χ1n) is 7.31. The number of rotatable bonds is 3. The highest BCUT2D eigenvalue weighted by atomic mass is 32.2. The van der Waals surface area contributed by atoms with E-state index in [1.54, 1.807) is 16.8 Å². The van der Waals surface area contributed by atoms with Crippen molar-refractivity contribution in [2.45, 2.75) is 48.0 Å². The number of halogens is 2. The number of benzene rings is 1. The molecular formula is C15H15F2N3OS. The Hall–Kier alpha value is -1.47. The minimum absolute atomic E-state index is 0.235. The highest BCUT2D eigenvalue weighted by molar-refractivity contribution is 7.99. The number of hydrogen-bond acceptors (Lipinski definition) is 4. The highest BCUT2D eigenvalue weighted by Gasteiger charge is 2.37. The summed E-state index contributed by atoms with van der Waals surface area (Å²) in [5.74, 6) is -0.0174. The van der Waals surface area contributed by atoms with Crippen LogP contribution in [0, 0.1) is 5.82 Å². The van der Waals surface area contributed by atoms with E-state index in [2.05, 4.69) is 10.1 Å². The van der Waals surface area contributed by atoms with Crippen molar-refractivity contribution in [2.24, 2.45) is 0 Å². The lowest BCUT2D eigenvalue weighted by atomic mass is 9.96. The summed E-state index contributed by atoms with van der Waals surface area (Å²) in [6, 6.07) is 5.89. The number of hydrogen-bond donors (Lipinski definition) is 1. The van der Waals surface area contributed by atoms with Crippen LogP contribution in [0.3, 0.4) is 0 Å². The second-order valence-corrected chi connectivity index (χ2v) is 7.10. The maximum atomic E-state index is 14.2. The molecule has 0 spiro atoms. The van der Waals surface area contributed by atoms with Crippen LogP contribution in [-0.2, 0) is 0 Å². The van der Waals surface area contributed by atoms with Crippen LogP contribution in [0.2, 0.25) is 0 Å². The quantitative estimate of drug-likeness (QED) is 0.943. The Morgan fingerprint density at radius 2 is 2.09 bits per heavy atom. The van der Waals surface area contributed by atoms with Crippen LogP contribution in [0.5, 0.6) is 0 Å².